The Labute approximate surface area is 92.1 Å². The van der Waals surface area contributed by atoms with Gasteiger partial charge in [-0.2, -0.15) is 0 Å². The molecule has 0 bridgehead atoms. The van der Waals surface area contributed by atoms with Gasteiger partial charge < -0.3 is 15.1 Å². The Hall–Kier alpha value is -2.07. The molecule has 4 heteroatoms. The van der Waals surface area contributed by atoms with Gasteiger partial charge in [-0.1, -0.05) is 6.07 Å². The molecule has 0 unspecified atom stereocenters. The summed E-state index contributed by atoms with van der Waals surface area (Å²) in [4.78, 5) is 7.65. The van der Waals surface area contributed by atoms with Crippen molar-refractivity contribution in [1.82, 2.24) is 9.97 Å². The number of aromatic nitrogens is 2. The zero-order chi connectivity index (χ0) is 11.0. The zero-order valence-electron chi connectivity index (χ0n) is 8.60. The molecule has 3 N–H and O–H groups in total. The van der Waals surface area contributed by atoms with Gasteiger partial charge in [-0.15, -0.1) is 0 Å². The van der Waals surface area contributed by atoms with Gasteiger partial charge in [0.15, 0.2) is 11.6 Å². The highest BCUT2D eigenvalue weighted by Gasteiger charge is 2.07. The predicted molar refractivity (Wildman–Crippen MR) is 61.7 cm³/mol. The van der Waals surface area contributed by atoms with Gasteiger partial charge in [0.25, 0.3) is 0 Å². The lowest BCUT2D eigenvalue weighted by Crippen LogP contribution is -1.95. The lowest BCUT2D eigenvalue weighted by Gasteiger charge is -1.94. The molecule has 16 heavy (non-hydrogen) atoms. The second-order valence-electron chi connectivity index (χ2n) is 3.62. The summed E-state index contributed by atoms with van der Waals surface area (Å²) in [5.41, 5.74) is 8.58. The smallest absolute Gasteiger partial charge is 0.174 e. The highest BCUT2D eigenvalue weighted by atomic mass is 16.3. The standard InChI is InChI=1S/C12H11N3O/c13-7-8-3-4-9-10(6-8)15-12(14-9)11-2-1-5-16-11/h1-6H,7,13H2,(H,14,15). The molecule has 2 heterocycles. The Morgan fingerprint density at radius 1 is 1.31 bits per heavy atom. The SMILES string of the molecule is NCc1ccc2nc(-c3ccco3)[nH]c2c1. The van der Waals surface area contributed by atoms with Crippen LogP contribution in [0.3, 0.4) is 0 Å². The average Bonchev–Trinajstić information content (AvgIpc) is 2.96. The maximum absolute atomic E-state index is 5.59. The van der Waals surface area contributed by atoms with Gasteiger partial charge in [0, 0.05) is 6.54 Å². The minimum absolute atomic E-state index is 0.533. The number of H-pyrrole nitrogens is 1. The van der Waals surface area contributed by atoms with Gasteiger partial charge in [-0.05, 0) is 29.8 Å². The summed E-state index contributed by atoms with van der Waals surface area (Å²) in [5.74, 6) is 1.49. The van der Waals surface area contributed by atoms with E-state index in [2.05, 4.69) is 9.97 Å². The second-order valence-corrected chi connectivity index (χ2v) is 3.62. The van der Waals surface area contributed by atoms with Crippen molar-refractivity contribution in [2.24, 2.45) is 5.73 Å². The molecule has 0 radical (unpaired) electrons. The fourth-order valence-electron chi connectivity index (χ4n) is 1.71. The first-order valence-corrected chi connectivity index (χ1v) is 5.09. The van der Waals surface area contributed by atoms with Gasteiger partial charge in [-0.3, -0.25) is 0 Å². The predicted octanol–water partition coefficient (Wildman–Crippen LogP) is 2.28. The normalized spacial score (nSPS) is 11.1. The monoisotopic (exact) mass is 213 g/mol. The zero-order valence-corrected chi connectivity index (χ0v) is 8.60. The van der Waals surface area contributed by atoms with E-state index in [1.54, 1.807) is 6.26 Å². The van der Waals surface area contributed by atoms with Gasteiger partial charge in [0.2, 0.25) is 0 Å². The third-order valence-corrected chi connectivity index (χ3v) is 2.54. The first kappa shape index (κ1) is 9.18. The van der Waals surface area contributed by atoms with E-state index in [-0.39, 0.29) is 0 Å². The van der Waals surface area contributed by atoms with Crippen molar-refractivity contribution >= 4 is 11.0 Å². The third kappa shape index (κ3) is 1.40. The number of hydrogen-bond donors (Lipinski definition) is 2. The van der Waals surface area contributed by atoms with Crippen LogP contribution in [-0.4, -0.2) is 9.97 Å². The van der Waals surface area contributed by atoms with Crippen LogP contribution in [0.15, 0.2) is 41.0 Å². The van der Waals surface area contributed by atoms with Crippen molar-refractivity contribution in [2.45, 2.75) is 6.54 Å². The molecule has 3 rings (SSSR count). The Kier molecular flexibility index (Phi) is 2.01. The Bertz CT molecular complexity index is 610. The van der Waals surface area contributed by atoms with E-state index < -0.39 is 0 Å². The van der Waals surface area contributed by atoms with Crippen molar-refractivity contribution in [2.75, 3.05) is 0 Å². The third-order valence-electron chi connectivity index (χ3n) is 2.54. The van der Waals surface area contributed by atoms with Crippen LogP contribution >= 0.6 is 0 Å². The van der Waals surface area contributed by atoms with Crippen molar-refractivity contribution in [3.05, 3.63) is 42.2 Å². The fraction of sp³-hybridized carbons (Fsp3) is 0.0833. The topological polar surface area (TPSA) is 67.8 Å². The van der Waals surface area contributed by atoms with E-state index in [4.69, 9.17) is 10.2 Å². The van der Waals surface area contributed by atoms with Gasteiger partial charge in [0.05, 0.1) is 17.3 Å². The molecule has 2 aromatic heterocycles. The number of benzene rings is 1. The van der Waals surface area contributed by atoms with Crippen LogP contribution in [0.1, 0.15) is 5.56 Å². The Balaban J connectivity index is 2.16. The van der Waals surface area contributed by atoms with Crippen LogP contribution in [0.25, 0.3) is 22.6 Å². The average molecular weight is 213 g/mol. The largest absolute Gasteiger partial charge is 0.461 e. The maximum Gasteiger partial charge on any atom is 0.174 e. The van der Waals surface area contributed by atoms with Crippen LogP contribution in [0.5, 0.6) is 0 Å². The molecule has 1 aromatic carbocycles. The molecule has 80 valence electrons. The lowest BCUT2D eigenvalue weighted by molar-refractivity contribution is 0.578. The van der Waals surface area contributed by atoms with E-state index in [0.717, 1.165) is 28.2 Å². The molecular weight excluding hydrogens is 202 g/mol. The van der Waals surface area contributed by atoms with Crippen molar-refractivity contribution in [3.8, 4) is 11.6 Å². The molecule has 0 amide bonds. The molecule has 0 saturated carbocycles. The molecule has 3 aromatic rings. The second kappa shape index (κ2) is 3.50. The summed E-state index contributed by atoms with van der Waals surface area (Å²) in [6.45, 7) is 0.533. The number of aromatic amines is 1. The van der Waals surface area contributed by atoms with Crippen LogP contribution in [0.4, 0.5) is 0 Å². The van der Waals surface area contributed by atoms with Crippen LogP contribution < -0.4 is 5.73 Å². The summed E-state index contributed by atoms with van der Waals surface area (Å²) in [6.07, 6.45) is 1.63. The van der Waals surface area contributed by atoms with Gasteiger partial charge in [-0.25, -0.2) is 4.98 Å². The Morgan fingerprint density at radius 3 is 3.00 bits per heavy atom. The molecule has 0 atom stereocenters. The van der Waals surface area contributed by atoms with E-state index in [1.807, 2.05) is 30.3 Å². The maximum atomic E-state index is 5.59. The summed E-state index contributed by atoms with van der Waals surface area (Å²) in [5, 5.41) is 0. The molecular formula is C12H11N3O. The first-order chi connectivity index (χ1) is 7.86. The van der Waals surface area contributed by atoms with Crippen molar-refractivity contribution in [3.63, 3.8) is 0 Å². The number of rotatable bonds is 2. The molecule has 0 aliphatic heterocycles. The highest BCUT2D eigenvalue weighted by molar-refractivity contribution is 5.79. The summed E-state index contributed by atoms with van der Waals surface area (Å²) in [6, 6.07) is 9.67. The van der Waals surface area contributed by atoms with Gasteiger partial charge >= 0.3 is 0 Å². The van der Waals surface area contributed by atoms with Crippen LogP contribution in [0.2, 0.25) is 0 Å². The van der Waals surface area contributed by atoms with E-state index >= 15 is 0 Å². The molecule has 4 nitrogen and oxygen atoms in total. The molecule has 0 spiro atoms. The first-order valence-electron chi connectivity index (χ1n) is 5.09. The fourth-order valence-corrected chi connectivity index (χ4v) is 1.71. The van der Waals surface area contributed by atoms with Crippen molar-refractivity contribution < 1.29 is 4.42 Å². The minimum atomic E-state index is 0.533. The summed E-state index contributed by atoms with van der Waals surface area (Å²) >= 11 is 0. The highest BCUT2D eigenvalue weighted by Crippen LogP contribution is 2.21. The van der Waals surface area contributed by atoms with E-state index in [0.29, 0.717) is 6.54 Å². The van der Waals surface area contributed by atoms with Crippen molar-refractivity contribution in [1.29, 1.82) is 0 Å². The van der Waals surface area contributed by atoms with Gasteiger partial charge in [0.1, 0.15) is 0 Å². The summed E-state index contributed by atoms with van der Waals surface area (Å²) in [7, 11) is 0. The minimum Gasteiger partial charge on any atom is -0.461 e. The number of fused-ring (bicyclic) bond motifs is 1. The number of nitrogens with two attached hydrogens (primary N) is 1. The number of nitrogens with zero attached hydrogens (tertiary/aromatic N) is 1. The van der Waals surface area contributed by atoms with E-state index in [9.17, 15) is 0 Å². The number of hydrogen-bond acceptors (Lipinski definition) is 3. The number of imidazole rings is 1. The lowest BCUT2D eigenvalue weighted by atomic mass is 10.2. The van der Waals surface area contributed by atoms with Crippen LogP contribution in [-0.2, 0) is 6.54 Å². The molecule has 0 aliphatic carbocycles. The van der Waals surface area contributed by atoms with Crippen LogP contribution in [0, 0.1) is 0 Å². The molecule has 0 saturated heterocycles. The number of nitrogens with one attached hydrogen (secondary N) is 1. The van der Waals surface area contributed by atoms with E-state index in [1.165, 1.54) is 0 Å². The Morgan fingerprint density at radius 2 is 2.25 bits per heavy atom. The summed E-state index contributed by atoms with van der Waals surface area (Å²) < 4.78 is 5.29. The number of furan rings is 1. The molecule has 0 aliphatic rings. The quantitative estimate of drug-likeness (QED) is 0.686. The molecule has 0 fully saturated rings.